The predicted molar refractivity (Wildman–Crippen MR) is 146 cm³/mol. The molecule has 0 amide bonds. The fourth-order valence-corrected chi connectivity index (χ4v) is 5.96. The number of anilines is 2. The lowest BCUT2D eigenvalue weighted by Crippen LogP contribution is -2.40. The molecule has 250 valence electrons. The molecule has 2 atom stereocenters. The van der Waals surface area contributed by atoms with Crippen LogP contribution in [0.3, 0.4) is 0 Å². The van der Waals surface area contributed by atoms with Gasteiger partial charge in [0.25, 0.3) is 12.3 Å². The van der Waals surface area contributed by atoms with Crippen molar-refractivity contribution in [3.05, 3.63) is 106 Å². The van der Waals surface area contributed by atoms with Crippen molar-refractivity contribution in [2.45, 2.75) is 42.0 Å². The molecule has 16 heteroatoms. The van der Waals surface area contributed by atoms with Gasteiger partial charge in [0.05, 0.1) is 27.9 Å². The monoisotopic (exact) mass is 680 g/mol. The van der Waals surface area contributed by atoms with Gasteiger partial charge in [0, 0.05) is 0 Å². The number of phenols is 2. The Bertz CT molecular complexity index is 1740. The molecule has 1 aliphatic carbocycles. The molecule has 0 fully saturated rings. The summed E-state index contributed by atoms with van der Waals surface area (Å²) >= 11 is 0. The van der Waals surface area contributed by atoms with E-state index in [1.165, 1.54) is 48.5 Å². The minimum absolute atomic E-state index is 0.000141. The summed E-state index contributed by atoms with van der Waals surface area (Å²) in [6.45, 7) is 0. The van der Waals surface area contributed by atoms with Crippen LogP contribution < -0.4 is 11.5 Å². The lowest BCUT2D eigenvalue weighted by molar-refractivity contribution is -0.249. The Balaban J connectivity index is 1.96. The smallest absolute Gasteiger partial charge is 0.426 e. The highest BCUT2D eigenvalue weighted by molar-refractivity contribution is 5.87. The summed E-state index contributed by atoms with van der Waals surface area (Å²) in [7, 11) is 0. The maximum Gasteiger partial charge on any atom is 0.426 e. The number of aromatic hydroxyl groups is 2. The molecule has 2 unspecified atom stereocenters. The van der Waals surface area contributed by atoms with E-state index < -0.39 is 87.1 Å². The molecule has 0 aromatic heterocycles. The van der Waals surface area contributed by atoms with Crippen LogP contribution in [0, 0.1) is 0 Å². The van der Waals surface area contributed by atoms with E-state index in [1.54, 1.807) is 0 Å². The molecule has 6 N–H and O–H groups in total. The van der Waals surface area contributed by atoms with Gasteiger partial charge in [-0.15, -0.1) is 0 Å². The van der Waals surface area contributed by atoms with E-state index in [-0.39, 0.29) is 34.4 Å². The van der Waals surface area contributed by atoms with Crippen LogP contribution in [0.2, 0.25) is 0 Å². The molecule has 0 radical (unpaired) electrons. The number of fused-ring (bicyclic) bond motifs is 3. The Morgan fingerprint density at radius 3 is 1.17 bits per heavy atom. The van der Waals surface area contributed by atoms with Gasteiger partial charge in [-0.3, -0.25) is 0 Å². The summed E-state index contributed by atoms with van der Waals surface area (Å²) in [6.07, 6.45) is -22.0. The van der Waals surface area contributed by atoms with Crippen LogP contribution in [0.1, 0.15) is 33.4 Å². The van der Waals surface area contributed by atoms with Gasteiger partial charge in [-0.05, 0) is 57.6 Å². The highest BCUT2D eigenvalue weighted by atomic mass is 19.4. The SMILES string of the molecule is Nc1cc(C2(c3cc(N)c(O)c(C(F)(F)C(F)C(F)(F)F)c3)c3ccccc3-c3ccccc32)cc(C(F)(F)C(F)C(F)(F)F)c1O. The van der Waals surface area contributed by atoms with Gasteiger partial charge in [0.2, 0.25) is 0 Å². The van der Waals surface area contributed by atoms with Crippen LogP contribution in [-0.2, 0) is 17.3 Å². The third kappa shape index (κ3) is 4.95. The minimum atomic E-state index is -6.14. The zero-order chi connectivity index (χ0) is 35.1. The molecule has 0 saturated heterocycles. The standard InChI is InChI=1S/C31H20F12N2O2/c32-25(30(38,39)40)28(34,35)19-9-13(11-21(44)23(19)46)27(17-7-3-1-5-15(17)16-6-2-4-8-18(16)27)14-10-20(24(47)22(45)12-14)29(36,37)26(33)31(41,42)43/h1-12,25-26,46-47H,44-45H2. The Hall–Kier alpha value is -4.76. The Morgan fingerprint density at radius 2 is 0.851 bits per heavy atom. The first-order chi connectivity index (χ1) is 21.6. The second kappa shape index (κ2) is 10.6. The van der Waals surface area contributed by atoms with E-state index in [0.29, 0.717) is 0 Å². The normalized spacial score (nSPS) is 16.0. The van der Waals surface area contributed by atoms with Gasteiger partial charge in [-0.1, -0.05) is 48.5 Å². The molecule has 1 aliphatic rings. The first-order valence-electron chi connectivity index (χ1n) is 13.2. The van der Waals surface area contributed by atoms with Crippen molar-refractivity contribution >= 4 is 11.4 Å². The van der Waals surface area contributed by atoms with Crippen molar-refractivity contribution in [3.63, 3.8) is 0 Å². The quantitative estimate of drug-likeness (QED) is 0.0822. The van der Waals surface area contributed by atoms with Crippen molar-refractivity contribution in [1.29, 1.82) is 0 Å². The van der Waals surface area contributed by atoms with Crippen molar-refractivity contribution < 1.29 is 62.9 Å². The number of halogens is 12. The van der Waals surface area contributed by atoms with Gasteiger partial charge in [-0.25, -0.2) is 8.78 Å². The fraction of sp³-hybridized carbons (Fsp3) is 0.226. The Morgan fingerprint density at radius 1 is 0.532 bits per heavy atom. The summed E-state index contributed by atoms with van der Waals surface area (Å²) in [4.78, 5) is 0. The molecule has 0 bridgehead atoms. The second-order valence-corrected chi connectivity index (χ2v) is 10.8. The molecule has 4 aromatic rings. The van der Waals surface area contributed by atoms with Gasteiger partial charge in [0.1, 0.15) is 11.5 Å². The summed E-state index contributed by atoms with van der Waals surface area (Å²) in [5.74, 6) is -14.3. The lowest BCUT2D eigenvalue weighted by Gasteiger charge is -2.36. The number of alkyl halides is 12. The first-order valence-corrected chi connectivity index (χ1v) is 13.2. The molecule has 47 heavy (non-hydrogen) atoms. The maximum atomic E-state index is 15.2. The van der Waals surface area contributed by atoms with Crippen LogP contribution in [0.4, 0.5) is 64.1 Å². The van der Waals surface area contributed by atoms with E-state index in [2.05, 4.69) is 0 Å². The summed E-state index contributed by atoms with van der Waals surface area (Å²) in [6, 6.07) is 13.3. The lowest BCUT2D eigenvalue weighted by atomic mass is 9.66. The average molecular weight is 680 g/mol. The molecule has 4 nitrogen and oxygen atoms in total. The third-order valence-electron chi connectivity index (χ3n) is 8.03. The third-order valence-corrected chi connectivity index (χ3v) is 8.03. The summed E-state index contributed by atoms with van der Waals surface area (Å²) < 4.78 is 169. The maximum absolute atomic E-state index is 15.2. The molecule has 0 heterocycles. The van der Waals surface area contributed by atoms with Crippen molar-refractivity contribution in [2.75, 3.05) is 11.5 Å². The van der Waals surface area contributed by atoms with Crippen LogP contribution in [0.15, 0.2) is 72.8 Å². The van der Waals surface area contributed by atoms with Gasteiger partial charge < -0.3 is 21.7 Å². The highest BCUT2D eigenvalue weighted by Crippen LogP contribution is 2.59. The molecule has 0 aliphatic heterocycles. The molecule has 4 aromatic carbocycles. The van der Waals surface area contributed by atoms with Crippen molar-refractivity contribution in [3.8, 4) is 22.6 Å². The zero-order valence-corrected chi connectivity index (χ0v) is 23.2. The van der Waals surface area contributed by atoms with E-state index >= 15 is 17.6 Å². The second-order valence-electron chi connectivity index (χ2n) is 10.8. The first kappa shape index (κ1) is 33.6. The van der Waals surface area contributed by atoms with Gasteiger partial charge >= 0.3 is 24.2 Å². The fourth-order valence-electron chi connectivity index (χ4n) is 5.96. The topological polar surface area (TPSA) is 92.5 Å². The summed E-state index contributed by atoms with van der Waals surface area (Å²) in [5, 5.41) is 20.8. The number of hydrogen-bond donors (Lipinski definition) is 4. The predicted octanol–water partition coefficient (Wildman–Crippen LogP) is 8.61. The number of hydrogen-bond acceptors (Lipinski definition) is 4. The highest BCUT2D eigenvalue weighted by Gasteiger charge is 2.61. The number of benzene rings is 4. The van der Waals surface area contributed by atoms with Gasteiger partial charge in [0.15, 0.2) is 0 Å². The number of phenolic OH excluding ortho intramolecular Hbond substituents is 2. The van der Waals surface area contributed by atoms with Crippen molar-refractivity contribution in [2.24, 2.45) is 0 Å². The summed E-state index contributed by atoms with van der Waals surface area (Å²) in [5.41, 5.74) is 2.58. The van der Waals surface area contributed by atoms with Crippen LogP contribution in [0.5, 0.6) is 11.5 Å². The largest absolute Gasteiger partial charge is 0.505 e. The number of nitrogens with two attached hydrogens (primary N) is 2. The average Bonchev–Trinajstić information content (AvgIpc) is 3.29. The Labute approximate surface area is 256 Å². The van der Waals surface area contributed by atoms with Crippen LogP contribution >= 0.6 is 0 Å². The number of rotatable bonds is 6. The van der Waals surface area contributed by atoms with Gasteiger partial charge in [-0.2, -0.15) is 43.9 Å². The molecule has 5 rings (SSSR count). The minimum Gasteiger partial charge on any atom is -0.505 e. The molecule has 0 spiro atoms. The van der Waals surface area contributed by atoms with Crippen molar-refractivity contribution in [1.82, 2.24) is 0 Å². The van der Waals surface area contributed by atoms with E-state index in [1.807, 2.05) is 0 Å². The molecular weight excluding hydrogens is 660 g/mol. The van der Waals surface area contributed by atoms with E-state index in [9.17, 15) is 45.3 Å². The van der Waals surface area contributed by atoms with E-state index in [0.717, 1.165) is 12.1 Å². The zero-order valence-electron chi connectivity index (χ0n) is 23.2. The van der Waals surface area contributed by atoms with E-state index in [4.69, 9.17) is 11.5 Å². The molecular formula is C31H20F12N2O2. The number of nitrogen functional groups attached to an aromatic ring is 2. The van der Waals surface area contributed by atoms with Crippen LogP contribution in [0.25, 0.3) is 11.1 Å². The Kier molecular flexibility index (Phi) is 7.60. The molecule has 0 saturated carbocycles. The van der Waals surface area contributed by atoms with Crippen LogP contribution in [-0.4, -0.2) is 34.9 Å².